The van der Waals surface area contributed by atoms with Gasteiger partial charge in [-0.3, -0.25) is 0 Å². The molecule has 0 spiro atoms. The second kappa shape index (κ2) is 13.2. The third kappa shape index (κ3) is 5.66. The minimum absolute atomic E-state index is 0.0993. The van der Waals surface area contributed by atoms with Gasteiger partial charge in [0.1, 0.15) is 0 Å². The van der Waals surface area contributed by atoms with Crippen LogP contribution in [0.25, 0.3) is 89.2 Å². The Balaban J connectivity index is 1.08. The Morgan fingerprint density at radius 3 is 1.55 bits per heavy atom. The van der Waals surface area contributed by atoms with E-state index < -0.39 is 0 Å². The molecule has 1 aliphatic carbocycles. The standard InChI is InChI=1S/C53H38N2/c1-53(2)47-27-15-26-45(51(47)46-32-39-20-9-10-21-40(39)33-48(46)53)43-24-13-11-22-41(43)36-28-30-37(31-29-36)49-34-50(55-52(54-49)38-18-7-4-8-19-38)44-25-14-12-23-42(44)35-16-5-3-6-17-35/h3-34H,1-2H3. The van der Waals surface area contributed by atoms with Gasteiger partial charge in [-0.2, -0.15) is 0 Å². The normalized spacial score (nSPS) is 12.7. The molecule has 0 N–H and O–H groups in total. The van der Waals surface area contributed by atoms with Crippen molar-refractivity contribution in [3.05, 3.63) is 205 Å². The second-order valence-electron chi connectivity index (χ2n) is 15.0. The minimum Gasteiger partial charge on any atom is -0.228 e. The van der Waals surface area contributed by atoms with E-state index in [1.807, 2.05) is 18.2 Å². The zero-order chi connectivity index (χ0) is 36.9. The van der Waals surface area contributed by atoms with Crippen LogP contribution in [0.4, 0.5) is 0 Å². The highest BCUT2D eigenvalue weighted by Gasteiger charge is 2.37. The molecule has 9 aromatic rings. The van der Waals surface area contributed by atoms with Crippen LogP contribution in [0.3, 0.4) is 0 Å². The van der Waals surface area contributed by atoms with E-state index in [0.717, 1.165) is 39.2 Å². The summed E-state index contributed by atoms with van der Waals surface area (Å²) in [6.07, 6.45) is 0. The van der Waals surface area contributed by atoms with Crippen molar-refractivity contribution in [2.75, 3.05) is 0 Å². The van der Waals surface area contributed by atoms with Crippen LogP contribution in [-0.2, 0) is 5.41 Å². The van der Waals surface area contributed by atoms with E-state index in [1.54, 1.807) is 0 Å². The van der Waals surface area contributed by atoms with Crippen LogP contribution in [0.2, 0.25) is 0 Å². The molecule has 0 atom stereocenters. The molecule has 2 nitrogen and oxygen atoms in total. The van der Waals surface area contributed by atoms with Crippen molar-refractivity contribution < 1.29 is 0 Å². The number of hydrogen-bond donors (Lipinski definition) is 0. The molecule has 0 amide bonds. The molecule has 0 unspecified atom stereocenters. The fourth-order valence-electron chi connectivity index (χ4n) is 8.51. The average Bonchev–Trinajstić information content (AvgIpc) is 3.48. The molecule has 0 saturated carbocycles. The Bertz CT molecular complexity index is 2870. The van der Waals surface area contributed by atoms with Crippen LogP contribution >= 0.6 is 0 Å². The van der Waals surface area contributed by atoms with E-state index in [4.69, 9.17) is 9.97 Å². The number of nitrogens with zero attached hydrogens (tertiary/aromatic N) is 2. The third-order valence-electron chi connectivity index (χ3n) is 11.3. The molecular formula is C53H38N2. The first kappa shape index (κ1) is 32.7. The Morgan fingerprint density at radius 1 is 0.327 bits per heavy atom. The molecule has 0 bridgehead atoms. The van der Waals surface area contributed by atoms with Crippen molar-refractivity contribution in [3.8, 4) is 78.4 Å². The molecule has 10 rings (SSSR count). The number of aromatic nitrogens is 2. The minimum atomic E-state index is -0.0993. The van der Waals surface area contributed by atoms with Crippen molar-refractivity contribution in [2.45, 2.75) is 19.3 Å². The van der Waals surface area contributed by atoms with Gasteiger partial charge in [0.2, 0.25) is 0 Å². The summed E-state index contributed by atoms with van der Waals surface area (Å²) >= 11 is 0. The molecule has 0 radical (unpaired) electrons. The summed E-state index contributed by atoms with van der Waals surface area (Å²) in [5, 5.41) is 2.56. The van der Waals surface area contributed by atoms with Gasteiger partial charge in [0.15, 0.2) is 5.82 Å². The van der Waals surface area contributed by atoms with Crippen molar-refractivity contribution in [1.82, 2.24) is 9.97 Å². The molecular weight excluding hydrogens is 665 g/mol. The van der Waals surface area contributed by atoms with Crippen LogP contribution in [-0.4, -0.2) is 9.97 Å². The Morgan fingerprint density at radius 2 is 0.836 bits per heavy atom. The van der Waals surface area contributed by atoms with Gasteiger partial charge in [-0.1, -0.05) is 190 Å². The second-order valence-corrected chi connectivity index (χ2v) is 15.0. The molecule has 55 heavy (non-hydrogen) atoms. The van der Waals surface area contributed by atoms with Crippen LogP contribution in [0.5, 0.6) is 0 Å². The Kier molecular flexibility index (Phi) is 7.85. The van der Waals surface area contributed by atoms with Gasteiger partial charge in [-0.15, -0.1) is 0 Å². The molecule has 0 saturated heterocycles. The first-order chi connectivity index (χ1) is 27.0. The Labute approximate surface area is 322 Å². The zero-order valence-electron chi connectivity index (χ0n) is 30.9. The van der Waals surface area contributed by atoms with Crippen LogP contribution in [0.15, 0.2) is 194 Å². The molecule has 8 aromatic carbocycles. The van der Waals surface area contributed by atoms with E-state index >= 15 is 0 Å². The van der Waals surface area contributed by atoms with E-state index in [9.17, 15) is 0 Å². The van der Waals surface area contributed by atoms with Gasteiger partial charge in [-0.05, 0) is 84.6 Å². The first-order valence-electron chi connectivity index (χ1n) is 19.0. The lowest BCUT2D eigenvalue weighted by atomic mass is 9.81. The average molecular weight is 703 g/mol. The highest BCUT2D eigenvalue weighted by Crippen LogP contribution is 2.54. The van der Waals surface area contributed by atoms with E-state index in [-0.39, 0.29) is 5.41 Å². The number of benzene rings is 8. The van der Waals surface area contributed by atoms with Crippen molar-refractivity contribution in [2.24, 2.45) is 0 Å². The summed E-state index contributed by atoms with van der Waals surface area (Å²) < 4.78 is 0. The Hall–Kier alpha value is -6.90. The highest BCUT2D eigenvalue weighted by molar-refractivity contribution is 6.01. The number of rotatable bonds is 6. The number of hydrogen-bond acceptors (Lipinski definition) is 2. The summed E-state index contributed by atoms with van der Waals surface area (Å²) in [5.74, 6) is 0.708. The van der Waals surface area contributed by atoms with Gasteiger partial charge in [0.05, 0.1) is 11.4 Å². The molecule has 0 aliphatic heterocycles. The zero-order valence-corrected chi connectivity index (χ0v) is 30.9. The van der Waals surface area contributed by atoms with E-state index in [0.29, 0.717) is 5.82 Å². The monoisotopic (exact) mass is 702 g/mol. The quantitative estimate of drug-likeness (QED) is 0.172. The van der Waals surface area contributed by atoms with Gasteiger partial charge in [0, 0.05) is 22.1 Å². The largest absolute Gasteiger partial charge is 0.228 e. The van der Waals surface area contributed by atoms with Crippen LogP contribution in [0.1, 0.15) is 25.0 Å². The fraction of sp³-hybridized carbons (Fsp3) is 0.0566. The lowest BCUT2D eigenvalue weighted by molar-refractivity contribution is 0.661. The summed E-state index contributed by atoms with van der Waals surface area (Å²) in [6.45, 7) is 4.73. The molecule has 260 valence electrons. The molecule has 2 heteroatoms. The summed E-state index contributed by atoms with van der Waals surface area (Å²) in [6, 6.07) is 69.5. The maximum Gasteiger partial charge on any atom is 0.160 e. The van der Waals surface area contributed by atoms with Gasteiger partial charge in [-0.25, -0.2) is 9.97 Å². The molecule has 1 aromatic heterocycles. The van der Waals surface area contributed by atoms with Gasteiger partial charge < -0.3 is 0 Å². The molecule has 1 heterocycles. The van der Waals surface area contributed by atoms with Crippen molar-refractivity contribution >= 4 is 10.8 Å². The molecule has 0 fully saturated rings. The van der Waals surface area contributed by atoms with Crippen LogP contribution in [0, 0.1) is 0 Å². The van der Waals surface area contributed by atoms with Crippen molar-refractivity contribution in [3.63, 3.8) is 0 Å². The maximum atomic E-state index is 5.16. The first-order valence-corrected chi connectivity index (χ1v) is 19.0. The third-order valence-corrected chi connectivity index (χ3v) is 11.3. The lowest BCUT2D eigenvalue weighted by Gasteiger charge is -2.22. The number of fused-ring (bicyclic) bond motifs is 4. The topological polar surface area (TPSA) is 25.8 Å². The summed E-state index contributed by atoms with van der Waals surface area (Å²) in [5.41, 5.74) is 17.4. The summed E-state index contributed by atoms with van der Waals surface area (Å²) in [7, 11) is 0. The van der Waals surface area contributed by atoms with E-state index in [2.05, 4.69) is 190 Å². The maximum absolute atomic E-state index is 5.16. The lowest BCUT2D eigenvalue weighted by Crippen LogP contribution is -2.14. The predicted molar refractivity (Wildman–Crippen MR) is 230 cm³/mol. The summed E-state index contributed by atoms with van der Waals surface area (Å²) in [4.78, 5) is 10.3. The van der Waals surface area contributed by atoms with Gasteiger partial charge in [0.25, 0.3) is 0 Å². The van der Waals surface area contributed by atoms with E-state index in [1.165, 1.54) is 55.3 Å². The molecule has 1 aliphatic rings. The van der Waals surface area contributed by atoms with Crippen LogP contribution < -0.4 is 0 Å². The van der Waals surface area contributed by atoms with Gasteiger partial charge >= 0.3 is 0 Å². The predicted octanol–water partition coefficient (Wildman–Crippen LogP) is 13.9. The fourth-order valence-corrected chi connectivity index (χ4v) is 8.51. The highest BCUT2D eigenvalue weighted by atomic mass is 14.9. The SMILES string of the molecule is CC1(C)c2cc3ccccc3cc2-c2c(-c3ccccc3-c3ccc(-c4cc(-c5ccccc5-c5ccccc5)nc(-c5ccccc5)n4)cc3)cccc21. The smallest absolute Gasteiger partial charge is 0.160 e. The van der Waals surface area contributed by atoms with Crippen molar-refractivity contribution in [1.29, 1.82) is 0 Å².